The predicted molar refractivity (Wildman–Crippen MR) is 76.8 cm³/mol. The Balaban J connectivity index is 2.17. The highest BCUT2D eigenvalue weighted by atomic mass is 79.9. The first-order valence-corrected chi connectivity index (χ1v) is 6.24. The predicted octanol–water partition coefficient (Wildman–Crippen LogP) is 2.95. The Kier molecular flexibility index (Phi) is 3.96. The van der Waals surface area contributed by atoms with E-state index in [1.54, 1.807) is 24.3 Å². The van der Waals surface area contributed by atoms with E-state index in [9.17, 15) is 10.1 Å². The third kappa shape index (κ3) is 3.19. The summed E-state index contributed by atoms with van der Waals surface area (Å²) >= 11 is 3.33. The number of halogens is 1. The Morgan fingerprint density at radius 3 is 2.84 bits per heavy atom. The number of nitrogens with zero attached hydrogens (tertiary/aromatic N) is 2. The van der Waals surface area contributed by atoms with Crippen molar-refractivity contribution in [2.24, 2.45) is 0 Å². The van der Waals surface area contributed by atoms with E-state index in [-0.39, 0.29) is 5.69 Å². The van der Waals surface area contributed by atoms with Crippen molar-refractivity contribution in [3.05, 3.63) is 56.7 Å². The van der Waals surface area contributed by atoms with Crippen molar-refractivity contribution >= 4 is 33.1 Å². The van der Waals surface area contributed by atoms with Crippen molar-refractivity contribution in [3.8, 4) is 0 Å². The lowest BCUT2D eigenvalue weighted by Gasteiger charge is -2.08. The van der Waals surface area contributed by atoms with E-state index >= 15 is 0 Å². The molecule has 0 aliphatic rings. The van der Waals surface area contributed by atoms with E-state index in [0.717, 1.165) is 0 Å². The van der Waals surface area contributed by atoms with Crippen molar-refractivity contribution in [3.63, 3.8) is 0 Å². The average Bonchev–Trinajstić information content (AvgIpc) is 2.38. The molecule has 2 aromatic rings. The first kappa shape index (κ1) is 13.3. The molecule has 0 spiro atoms. The first-order chi connectivity index (χ1) is 9.08. The summed E-state index contributed by atoms with van der Waals surface area (Å²) in [5.41, 5.74) is 6.81. The van der Waals surface area contributed by atoms with Crippen LogP contribution in [0.4, 0.5) is 17.2 Å². The fourth-order valence-electron chi connectivity index (χ4n) is 1.60. The van der Waals surface area contributed by atoms with Gasteiger partial charge in [0.05, 0.1) is 21.3 Å². The molecule has 1 heterocycles. The lowest BCUT2D eigenvalue weighted by molar-refractivity contribution is -0.385. The van der Waals surface area contributed by atoms with Crippen molar-refractivity contribution in [1.29, 1.82) is 0 Å². The number of rotatable bonds is 4. The van der Waals surface area contributed by atoms with Gasteiger partial charge in [0.2, 0.25) is 0 Å². The second-order valence-electron chi connectivity index (χ2n) is 3.84. The number of anilines is 2. The zero-order valence-corrected chi connectivity index (χ0v) is 11.4. The number of benzene rings is 1. The minimum atomic E-state index is -0.400. The Hall–Kier alpha value is -2.15. The maximum absolute atomic E-state index is 10.9. The van der Waals surface area contributed by atoms with Gasteiger partial charge in [-0.15, -0.1) is 0 Å². The van der Waals surface area contributed by atoms with Crippen LogP contribution in [0.3, 0.4) is 0 Å². The second kappa shape index (κ2) is 5.66. The van der Waals surface area contributed by atoms with E-state index < -0.39 is 4.92 Å². The van der Waals surface area contributed by atoms with E-state index in [0.29, 0.717) is 28.1 Å². The van der Waals surface area contributed by atoms with Gasteiger partial charge in [0.1, 0.15) is 5.82 Å². The molecule has 1 aromatic heterocycles. The summed E-state index contributed by atoms with van der Waals surface area (Å²) in [6.45, 7) is 0.312. The van der Waals surface area contributed by atoms with Gasteiger partial charge in [-0.25, -0.2) is 4.98 Å². The molecule has 0 aliphatic heterocycles. The summed E-state index contributed by atoms with van der Waals surface area (Å²) in [6.07, 6.45) is 1.52. The Morgan fingerprint density at radius 2 is 2.16 bits per heavy atom. The summed E-state index contributed by atoms with van der Waals surface area (Å²) in [4.78, 5) is 14.6. The zero-order valence-electron chi connectivity index (χ0n) is 9.84. The molecule has 0 aliphatic carbocycles. The topological polar surface area (TPSA) is 94.1 Å². The van der Waals surface area contributed by atoms with Crippen LogP contribution < -0.4 is 11.1 Å². The molecule has 0 atom stereocenters. The monoisotopic (exact) mass is 322 g/mol. The number of nitrogens with one attached hydrogen (secondary N) is 1. The summed E-state index contributed by atoms with van der Waals surface area (Å²) in [7, 11) is 0. The van der Waals surface area contributed by atoms with Gasteiger partial charge >= 0.3 is 0 Å². The summed E-state index contributed by atoms with van der Waals surface area (Å²) in [5, 5.41) is 13.9. The number of nitrogen functional groups attached to an aromatic ring is 1. The molecular weight excluding hydrogens is 312 g/mol. The highest BCUT2D eigenvalue weighted by Gasteiger charge is 2.12. The molecule has 0 fully saturated rings. The number of nitrogens with two attached hydrogens (primary N) is 1. The highest BCUT2D eigenvalue weighted by Crippen LogP contribution is 2.24. The third-order valence-corrected chi connectivity index (χ3v) is 3.10. The molecule has 1 aromatic carbocycles. The number of nitro groups is 1. The zero-order chi connectivity index (χ0) is 13.8. The number of nitro benzene ring substituents is 1. The standard InChI is InChI=1S/C12H11BrN4O2/c13-10-5-9(14)7-16-12(10)15-6-8-3-1-2-4-11(8)17(18)19/h1-5,7H,6,14H2,(H,15,16). The number of para-hydroxylation sites is 1. The van der Waals surface area contributed by atoms with E-state index in [4.69, 9.17) is 5.73 Å². The number of hydrogen-bond acceptors (Lipinski definition) is 5. The van der Waals surface area contributed by atoms with Crippen LogP contribution in [0.2, 0.25) is 0 Å². The van der Waals surface area contributed by atoms with Crippen LogP contribution in [-0.2, 0) is 6.54 Å². The molecule has 2 rings (SSSR count). The molecule has 19 heavy (non-hydrogen) atoms. The summed E-state index contributed by atoms with van der Waals surface area (Å²) in [5.74, 6) is 0.590. The molecule has 0 bridgehead atoms. The normalized spacial score (nSPS) is 10.2. The smallest absolute Gasteiger partial charge is 0.274 e. The number of hydrogen-bond donors (Lipinski definition) is 2. The van der Waals surface area contributed by atoms with Crippen LogP contribution in [0.1, 0.15) is 5.56 Å². The molecule has 6 nitrogen and oxygen atoms in total. The molecule has 0 saturated carbocycles. The maximum atomic E-state index is 10.9. The fourth-order valence-corrected chi connectivity index (χ4v) is 2.11. The summed E-state index contributed by atoms with van der Waals surface area (Å²) < 4.78 is 0.714. The minimum Gasteiger partial charge on any atom is -0.397 e. The molecule has 0 saturated heterocycles. The van der Waals surface area contributed by atoms with Gasteiger partial charge in [-0.3, -0.25) is 10.1 Å². The molecule has 98 valence electrons. The van der Waals surface area contributed by atoms with E-state index in [1.165, 1.54) is 12.3 Å². The Morgan fingerprint density at radius 1 is 1.42 bits per heavy atom. The number of pyridine rings is 1. The van der Waals surface area contributed by atoms with Gasteiger partial charge in [0, 0.05) is 18.2 Å². The molecule has 0 amide bonds. The molecular formula is C12H11BrN4O2. The van der Waals surface area contributed by atoms with Crippen LogP contribution in [0.25, 0.3) is 0 Å². The van der Waals surface area contributed by atoms with Gasteiger partial charge < -0.3 is 11.1 Å². The second-order valence-corrected chi connectivity index (χ2v) is 4.69. The lowest BCUT2D eigenvalue weighted by Crippen LogP contribution is -2.05. The van der Waals surface area contributed by atoms with Gasteiger partial charge in [-0.2, -0.15) is 0 Å². The van der Waals surface area contributed by atoms with Crippen molar-refractivity contribution in [2.75, 3.05) is 11.1 Å². The van der Waals surface area contributed by atoms with Crippen LogP contribution >= 0.6 is 15.9 Å². The van der Waals surface area contributed by atoms with Gasteiger partial charge in [0.15, 0.2) is 0 Å². The van der Waals surface area contributed by atoms with Crippen LogP contribution in [-0.4, -0.2) is 9.91 Å². The molecule has 0 radical (unpaired) electrons. The van der Waals surface area contributed by atoms with Crippen LogP contribution in [0.15, 0.2) is 41.0 Å². The highest BCUT2D eigenvalue weighted by molar-refractivity contribution is 9.10. The van der Waals surface area contributed by atoms with Gasteiger partial charge in [-0.05, 0) is 22.0 Å². The van der Waals surface area contributed by atoms with Gasteiger partial charge in [-0.1, -0.05) is 18.2 Å². The Labute approximate surface area is 117 Å². The molecule has 3 N–H and O–H groups in total. The first-order valence-electron chi connectivity index (χ1n) is 5.45. The SMILES string of the molecule is Nc1cnc(NCc2ccccc2[N+](=O)[O-])c(Br)c1. The van der Waals surface area contributed by atoms with Crippen molar-refractivity contribution < 1.29 is 4.92 Å². The average molecular weight is 323 g/mol. The van der Waals surface area contributed by atoms with Gasteiger partial charge in [0.25, 0.3) is 5.69 Å². The molecule has 7 heteroatoms. The van der Waals surface area contributed by atoms with E-state index in [2.05, 4.69) is 26.2 Å². The lowest BCUT2D eigenvalue weighted by atomic mass is 10.2. The Bertz CT molecular complexity index is 618. The largest absolute Gasteiger partial charge is 0.397 e. The van der Waals surface area contributed by atoms with Crippen LogP contribution in [0, 0.1) is 10.1 Å². The van der Waals surface area contributed by atoms with Crippen LogP contribution in [0.5, 0.6) is 0 Å². The third-order valence-electron chi connectivity index (χ3n) is 2.50. The quantitative estimate of drug-likeness (QED) is 0.666. The molecule has 0 unspecified atom stereocenters. The fraction of sp³-hybridized carbons (Fsp3) is 0.0833. The number of aromatic nitrogens is 1. The van der Waals surface area contributed by atoms with E-state index in [1.807, 2.05) is 0 Å². The minimum absolute atomic E-state index is 0.0848. The summed E-state index contributed by atoms with van der Waals surface area (Å²) in [6, 6.07) is 8.29. The maximum Gasteiger partial charge on any atom is 0.274 e. The van der Waals surface area contributed by atoms with Crippen molar-refractivity contribution in [2.45, 2.75) is 6.54 Å². The van der Waals surface area contributed by atoms with Crippen molar-refractivity contribution in [1.82, 2.24) is 4.98 Å².